The van der Waals surface area contributed by atoms with Gasteiger partial charge in [-0.25, -0.2) is 0 Å². The van der Waals surface area contributed by atoms with Crippen LogP contribution in [0, 0.1) is 0 Å². The van der Waals surface area contributed by atoms with Crippen molar-refractivity contribution in [2.24, 2.45) is 0 Å². The molecule has 0 saturated heterocycles. The molecule has 0 aliphatic heterocycles. The number of rotatable bonds is 8. The summed E-state index contributed by atoms with van der Waals surface area (Å²) in [5, 5.41) is 4.59. The highest BCUT2D eigenvalue weighted by Gasteiger charge is 2.33. The third-order valence-corrected chi connectivity index (χ3v) is 5.06. The molecule has 1 heterocycles. The van der Waals surface area contributed by atoms with Crippen LogP contribution in [-0.2, 0) is 24.1 Å². The summed E-state index contributed by atoms with van der Waals surface area (Å²) in [6.45, 7) is 0.532. The molecule has 0 atom stereocenters. The van der Waals surface area contributed by atoms with Crippen LogP contribution in [0.5, 0.6) is 0 Å². The lowest BCUT2D eigenvalue weighted by molar-refractivity contribution is -0.137. The van der Waals surface area contributed by atoms with Crippen LogP contribution >= 0.6 is 11.6 Å². The van der Waals surface area contributed by atoms with Crippen LogP contribution < -0.4 is 10.6 Å². The molecule has 2 amide bonds. The van der Waals surface area contributed by atoms with Crippen molar-refractivity contribution >= 4 is 29.1 Å². The third-order valence-electron chi connectivity index (χ3n) is 4.73. The zero-order valence-electron chi connectivity index (χ0n) is 17.6. The molecule has 1 aromatic heterocycles. The molecule has 0 radical (unpaired) electrons. The SMILES string of the molecule is CNC(=O)c1ccc(CN(CC(=O)Nc2ccc(Cl)c(C(F)(F)F)c2)Cc2ccco2)cc1. The number of amides is 2. The summed E-state index contributed by atoms with van der Waals surface area (Å²) >= 11 is 5.64. The van der Waals surface area contributed by atoms with Crippen molar-refractivity contribution < 1.29 is 27.2 Å². The van der Waals surface area contributed by atoms with Gasteiger partial charge in [0, 0.05) is 24.8 Å². The number of carbonyl (C=O) groups excluding carboxylic acids is 2. The van der Waals surface area contributed by atoms with Crippen molar-refractivity contribution in [2.75, 3.05) is 18.9 Å². The van der Waals surface area contributed by atoms with E-state index in [9.17, 15) is 22.8 Å². The minimum atomic E-state index is -4.63. The standard InChI is InChI=1S/C23H21ClF3N3O3/c1-28-22(32)16-6-4-15(5-7-16)12-30(13-18-3-2-10-33-18)14-21(31)29-17-8-9-20(24)19(11-17)23(25,26)27/h2-11H,12-14H2,1H3,(H,28,32)(H,29,31). The van der Waals surface area contributed by atoms with E-state index in [0.717, 1.165) is 17.7 Å². The minimum Gasteiger partial charge on any atom is -0.468 e. The van der Waals surface area contributed by atoms with E-state index in [2.05, 4.69) is 10.6 Å². The molecule has 3 aromatic rings. The number of nitrogens with zero attached hydrogens (tertiary/aromatic N) is 1. The van der Waals surface area contributed by atoms with Crippen molar-refractivity contribution in [2.45, 2.75) is 19.3 Å². The van der Waals surface area contributed by atoms with E-state index >= 15 is 0 Å². The molecule has 2 N–H and O–H groups in total. The predicted molar refractivity (Wildman–Crippen MR) is 118 cm³/mol. The summed E-state index contributed by atoms with van der Waals surface area (Å²) in [6, 6.07) is 13.6. The van der Waals surface area contributed by atoms with E-state index in [0.29, 0.717) is 24.4 Å². The highest BCUT2D eigenvalue weighted by molar-refractivity contribution is 6.31. The first-order valence-corrected chi connectivity index (χ1v) is 10.3. The third kappa shape index (κ3) is 6.84. The molecule has 6 nitrogen and oxygen atoms in total. The lowest BCUT2D eigenvalue weighted by Gasteiger charge is -2.21. The van der Waals surface area contributed by atoms with Crippen molar-refractivity contribution in [3.05, 3.63) is 88.3 Å². The summed E-state index contributed by atoms with van der Waals surface area (Å²) in [7, 11) is 1.54. The van der Waals surface area contributed by atoms with E-state index in [1.807, 2.05) is 0 Å². The first kappa shape index (κ1) is 24.3. The topological polar surface area (TPSA) is 74.6 Å². The quantitative estimate of drug-likeness (QED) is 0.479. The van der Waals surface area contributed by atoms with E-state index in [4.69, 9.17) is 16.0 Å². The van der Waals surface area contributed by atoms with Crippen LogP contribution in [0.15, 0.2) is 65.3 Å². The molecule has 33 heavy (non-hydrogen) atoms. The highest BCUT2D eigenvalue weighted by Crippen LogP contribution is 2.36. The molecule has 174 valence electrons. The highest BCUT2D eigenvalue weighted by atomic mass is 35.5. The molecule has 0 saturated carbocycles. The summed E-state index contributed by atoms with van der Waals surface area (Å²) < 4.78 is 44.6. The van der Waals surface area contributed by atoms with Gasteiger partial charge >= 0.3 is 6.18 Å². The number of hydrogen-bond acceptors (Lipinski definition) is 4. The fourth-order valence-corrected chi connectivity index (χ4v) is 3.40. The second kappa shape index (κ2) is 10.5. The average molecular weight is 480 g/mol. The molecule has 3 rings (SSSR count). The Hall–Kier alpha value is -3.30. The molecule has 0 spiro atoms. The predicted octanol–water partition coefficient (Wildman–Crippen LogP) is 4.95. The molecular weight excluding hydrogens is 459 g/mol. The van der Waals surface area contributed by atoms with E-state index in [1.54, 1.807) is 41.3 Å². The number of hydrogen-bond donors (Lipinski definition) is 2. The summed E-state index contributed by atoms with van der Waals surface area (Å²) in [4.78, 5) is 26.1. The van der Waals surface area contributed by atoms with E-state index in [1.165, 1.54) is 19.4 Å². The number of alkyl halides is 3. The van der Waals surface area contributed by atoms with E-state index < -0.39 is 22.7 Å². The Kier molecular flexibility index (Phi) is 7.78. The monoisotopic (exact) mass is 479 g/mol. The fraction of sp³-hybridized carbons (Fsp3) is 0.217. The number of furan rings is 1. The van der Waals surface area contributed by atoms with Crippen LogP contribution in [0.3, 0.4) is 0 Å². The van der Waals surface area contributed by atoms with Gasteiger partial charge in [-0.3, -0.25) is 14.5 Å². The molecular formula is C23H21ClF3N3O3. The summed E-state index contributed by atoms with van der Waals surface area (Å²) in [6.07, 6.45) is -3.12. The van der Waals surface area contributed by atoms with Gasteiger partial charge in [0.15, 0.2) is 0 Å². The van der Waals surface area contributed by atoms with Crippen molar-refractivity contribution in [1.29, 1.82) is 0 Å². The smallest absolute Gasteiger partial charge is 0.417 e. The molecule has 0 unspecified atom stereocenters. The number of halogens is 4. The molecule has 10 heteroatoms. The Bertz CT molecular complexity index is 1100. The molecule has 2 aromatic carbocycles. The van der Waals surface area contributed by atoms with E-state index in [-0.39, 0.29) is 18.1 Å². The largest absolute Gasteiger partial charge is 0.468 e. The zero-order valence-corrected chi connectivity index (χ0v) is 18.3. The molecule has 0 fully saturated rings. The molecule has 0 aliphatic carbocycles. The van der Waals surface area contributed by atoms with Gasteiger partial charge < -0.3 is 15.1 Å². The van der Waals surface area contributed by atoms with Crippen molar-refractivity contribution in [1.82, 2.24) is 10.2 Å². The van der Waals surface area contributed by atoms with Crippen LogP contribution in [0.4, 0.5) is 18.9 Å². The lowest BCUT2D eigenvalue weighted by Crippen LogP contribution is -2.32. The first-order chi connectivity index (χ1) is 15.7. The second-order valence-electron chi connectivity index (χ2n) is 7.24. The van der Waals surface area contributed by atoms with Gasteiger partial charge in [0.1, 0.15) is 5.76 Å². The zero-order chi connectivity index (χ0) is 24.0. The normalized spacial score (nSPS) is 11.5. The Balaban J connectivity index is 1.72. The van der Waals surface area contributed by atoms with Crippen LogP contribution in [0.1, 0.15) is 27.2 Å². The van der Waals surface area contributed by atoms with Gasteiger partial charge in [0.05, 0.1) is 29.9 Å². The Morgan fingerprint density at radius 3 is 2.39 bits per heavy atom. The maximum Gasteiger partial charge on any atom is 0.417 e. The van der Waals surface area contributed by atoms with Gasteiger partial charge in [0.2, 0.25) is 5.91 Å². The number of anilines is 1. The molecule has 0 aliphatic rings. The van der Waals surface area contributed by atoms with Gasteiger partial charge in [-0.1, -0.05) is 23.7 Å². The second-order valence-corrected chi connectivity index (χ2v) is 7.65. The summed E-state index contributed by atoms with van der Waals surface area (Å²) in [5.74, 6) is -0.0934. The van der Waals surface area contributed by atoms with Crippen molar-refractivity contribution in [3.63, 3.8) is 0 Å². The lowest BCUT2D eigenvalue weighted by atomic mass is 10.1. The number of carbonyl (C=O) groups is 2. The Morgan fingerprint density at radius 2 is 1.79 bits per heavy atom. The van der Waals surface area contributed by atoms with Gasteiger partial charge in [-0.05, 0) is 48.0 Å². The van der Waals surface area contributed by atoms with Crippen LogP contribution in [0.2, 0.25) is 5.02 Å². The maximum absolute atomic E-state index is 13.1. The number of benzene rings is 2. The van der Waals surface area contributed by atoms with Gasteiger partial charge in [-0.15, -0.1) is 0 Å². The molecule has 0 bridgehead atoms. The van der Waals surface area contributed by atoms with Crippen LogP contribution in [-0.4, -0.2) is 30.3 Å². The summed E-state index contributed by atoms with van der Waals surface area (Å²) in [5.41, 5.74) is 0.308. The minimum absolute atomic E-state index is 0.00963. The number of nitrogens with one attached hydrogen (secondary N) is 2. The maximum atomic E-state index is 13.1. The van der Waals surface area contributed by atoms with Gasteiger partial charge in [0.25, 0.3) is 5.91 Å². The van der Waals surface area contributed by atoms with Crippen molar-refractivity contribution in [3.8, 4) is 0 Å². The fourth-order valence-electron chi connectivity index (χ4n) is 3.18. The van der Waals surface area contributed by atoms with Gasteiger partial charge in [-0.2, -0.15) is 13.2 Å². The first-order valence-electron chi connectivity index (χ1n) is 9.88. The van der Waals surface area contributed by atoms with Crippen LogP contribution in [0.25, 0.3) is 0 Å². The average Bonchev–Trinajstić information content (AvgIpc) is 3.27. The Morgan fingerprint density at radius 1 is 1.06 bits per heavy atom. The Labute approximate surface area is 193 Å².